The molecule has 0 aliphatic heterocycles. The number of benzene rings is 1. The molecule has 4 nitrogen and oxygen atoms in total. The minimum Gasteiger partial charge on any atom is -0.347 e. The lowest BCUT2D eigenvalue weighted by molar-refractivity contribution is -0.125. The Kier molecular flexibility index (Phi) is 3.55. The van der Waals surface area contributed by atoms with Crippen LogP contribution in [-0.2, 0) is 9.59 Å². The summed E-state index contributed by atoms with van der Waals surface area (Å²) in [4.78, 5) is 22.7. The molecular weight excluding hydrogens is 242 g/mol. The van der Waals surface area contributed by atoms with Crippen LogP contribution in [0.15, 0.2) is 18.2 Å². The second kappa shape index (κ2) is 5.12. The van der Waals surface area contributed by atoms with E-state index in [0.717, 1.165) is 25.0 Å². The maximum absolute atomic E-state index is 13.2. The molecule has 96 valence electrons. The van der Waals surface area contributed by atoms with Crippen molar-refractivity contribution in [2.24, 2.45) is 5.92 Å². The van der Waals surface area contributed by atoms with Crippen LogP contribution < -0.4 is 10.6 Å². The molecule has 1 saturated carbocycles. The molecule has 1 fully saturated rings. The average Bonchev–Trinajstić information content (AvgIpc) is 3.14. The van der Waals surface area contributed by atoms with Crippen LogP contribution in [0.5, 0.6) is 0 Å². The highest BCUT2D eigenvalue weighted by atomic mass is 19.1. The Labute approximate surface area is 102 Å². The van der Waals surface area contributed by atoms with Gasteiger partial charge in [0.25, 0.3) is 0 Å². The second-order valence-corrected chi connectivity index (χ2v) is 4.16. The van der Waals surface area contributed by atoms with E-state index in [2.05, 4.69) is 10.6 Å². The van der Waals surface area contributed by atoms with Crippen molar-refractivity contribution in [3.8, 4) is 0 Å². The van der Waals surface area contributed by atoms with E-state index in [1.165, 1.54) is 0 Å². The van der Waals surface area contributed by atoms with E-state index in [4.69, 9.17) is 0 Å². The van der Waals surface area contributed by atoms with Gasteiger partial charge in [-0.05, 0) is 25.0 Å². The highest BCUT2D eigenvalue weighted by Crippen LogP contribution is 2.28. The molecule has 0 aromatic heterocycles. The van der Waals surface area contributed by atoms with Crippen LogP contribution in [0.4, 0.5) is 14.5 Å². The maximum atomic E-state index is 13.2. The number of carbonyl (C=O) groups is 2. The van der Waals surface area contributed by atoms with Crippen LogP contribution in [-0.4, -0.2) is 18.4 Å². The standard InChI is InChI=1S/C12H12F2N2O2/c13-8-3-4-10(9(14)5-8)16-11(17)6-15-12(18)7-1-2-7/h3-5,7H,1-2,6H2,(H,15,18)(H,16,17). The van der Waals surface area contributed by atoms with Gasteiger partial charge in [0.15, 0.2) is 0 Å². The van der Waals surface area contributed by atoms with Crippen molar-refractivity contribution < 1.29 is 18.4 Å². The molecule has 0 heterocycles. The smallest absolute Gasteiger partial charge is 0.243 e. The largest absolute Gasteiger partial charge is 0.347 e. The van der Waals surface area contributed by atoms with Crippen LogP contribution >= 0.6 is 0 Å². The summed E-state index contributed by atoms with van der Waals surface area (Å²) in [5, 5.41) is 4.70. The minimum absolute atomic E-state index is 0.0142. The highest BCUT2D eigenvalue weighted by Gasteiger charge is 2.29. The quantitative estimate of drug-likeness (QED) is 0.854. The molecule has 2 amide bonds. The Hall–Kier alpha value is -1.98. The van der Waals surface area contributed by atoms with E-state index in [1.54, 1.807) is 0 Å². The summed E-state index contributed by atoms with van der Waals surface area (Å²) in [5.74, 6) is -2.26. The van der Waals surface area contributed by atoms with Gasteiger partial charge in [0.1, 0.15) is 11.6 Å². The van der Waals surface area contributed by atoms with E-state index >= 15 is 0 Å². The van der Waals surface area contributed by atoms with E-state index in [0.29, 0.717) is 6.07 Å². The third kappa shape index (κ3) is 3.26. The first-order chi connectivity index (χ1) is 8.56. The van der Waals surface area contributed by atoms with E-state index in [1.807, 2.05) is 0 Å². The van der Waals surface area contributed by atoms with Gasteiger partial charge in [0.05, 0.1) is 12.2 Å². The number of halogens is 2. The van der Waals surface area contributed by atoms with Crippen molar-refractivity contribution in [3.05, 3.63) is 29.8 Å². The number of amides is 2. The van der Waals surface area contributed by atoms with Gasteiger partial charge in [-0.1, -0.05) is 0 Å². The SMILES string of the molecule is O=C(CNC(=O)C1CC1)Nc1ccc(F)cc1F. The van der Waals surface area contributed by atoms with Gasteiger partial charge in [-0.3, -0.25) is 9.59 Å². The number of hydrogen-bond donors (Lipinski definition) is 2. The molecule has 6 heteroatoms. The van der Waals surface area contributed by atoms with E-state index < -0.39 is 17.5 Å². The zero-order valence-corrected chi connectivity index (χ0v) is 9.50. The predicted molar refractivity (Wildman–Crippen MR) is 60.7 cm³/mol. The predicted octanol–water partition coefficient (Wildman–Crippen LogP) is 1.43. The molecule has 0 bridgehead atoms. The Bertz CT molecular complexity index is 487. The Balaban J connectivity index is 1.84. The molecule has 0 atom stereocenters. The summed E-state index contributed by atoms with van der Waals surface area (Å²) in [6.07, 6.45) is 1.69. The molecule has 0 spiro atoms. The van der Waals surface area contributed by atoms with Crippen LogP contribution in [0, 0.1) is 17.6 Å². The van der Waals surface area contributed by atoms with Gasteiger partial charge in [-0.25, -0.2) is 8.78 Å². The number of hydrogen-bond acceptors (Lipinski definition) is 2. The molecule has 0 unspecified atom stereocenters. The van der Waals surface area contributed by atoms with Gasteiger partial charge < -0.3 is 10.6 Å². The van der Waals surface area contributed by atoms with Crippen LogP contribution in [0.3, 0.4) is 0 Å². The lowest BCUT2D eigenvalue weighted by Crippen LogP contribution is -2.33. The van der Waals surface area contributed by atoms with Crippen LogP contribution in [0.25, 0.3) is 0 Å². The Morgan fingerprint density at radius 1 is 1.28 bits per heavy atom. The molecule has 0 saturated heterocycles. The third-order valence-electron chi connectivity index (χ3n) is 2.58. The van der Waals surface area contributed by atoms with E-state index in [-0.39, 0.29) is 24.1 Å². The van der Waals surface area contributed by atoms with Gasteiger partial charge >= 0.3 is 0 Å². The van der Waals surface area contributed by atoms with Gasteiger partial charge in [0, 0.05) is 12.0 Å². The molecular formula is C12H12F2N2O2. The normalized spacial score (nSPS) is 14.1. The maximum Gasteiger partial charge on any atom is 0.243 e. The molecule has 1 aliphatic rings. The fraction of sp³-hybridized carbons (Fsp3) is 0.333. The first kappa shape index (κ1) is 12.5. The lowest BCUT2D eigenvalue weighted by atomic mass is 10.3. The molecule has 2 N–H and O–H groups in total. The minimum atomic E-state index is -0.850. The summed E-state index contributed by atoms with van der Waals surface area (Å²) in [5.41, 5.74) is -0.109. The highest BCUT2D eigenvalue weighted by molar-refractivity contribution is 5.95. The molecule has 1 aromatic carbocycles. The van der Waals surface area contributed by atoms with Crippen molar-refractivity contribution in [2.45, 2.75) is 12.8 Å². The number of nitrogens with one attached hydrogen (secondary N) is 2. The molecule has 2 rings (SSSR count). The first-order valence-corrected chi connectivity index (χ1v) is 5.59. The van der Waals surface area contributed by atoms with Crippen molar-refractivity contribution in [1.29, 1.82) is 0 Å². The average molecular weight is 254 g/mol. The summed E-state index contributed by atoms with van der Waals surface area (Å²) in [6.45, 7) is -0.216. The van der Waals surface area contributed by atoms with Crippen LogP contribution in [0.1, 0.15) is 12.8 Å². The van der Waals surface area contributed by atoms with Crippen molar-refractivity contribution >= 4 is 17.5 Å². The summed E-state index contributed by atoms with van der Waals surface area (Å²) in [7, 11) is 0. The summed E-state index contributed by atoms with van der Waals surface area (Å²) < 4.78 is 25.8. The molecule has 18 heavy (non-hydrogen) atoms. The fourth-order valence-electron chi connectivity index (χ4n) is 1.44. The summed E-state index contributed by atoms with van der Waals surface area (Å²) >= 11 is 0. The first-order valence-electron chi connectivity index (χ1n) is 5.59. The molecule has 1 aliphatic carbocycles. The Morgan fingerprint density at radius 3 is 2.61 bits per heavy atom. The lowest BCUT2D eigenvalue weighted by Gasteiger charge is -2.07. The number of carbonyl (C=O) groups excluding carboxylic acids is 2. The summed E-state index contributed by atoms with van der Waals surface area (Å²) in [6, 6.07) is 2.85. The van der Waals surface area contributed by atoms with Gasteiger partial charge in [-0.2, -0.15) is 0 Å². The van der Waals surface area contributed by atoms with E-state index in [9.17, 15) is 18.4 Å². The van der Waals surface area contributed by atoms with Crippen molar-refractivity contribution in [1.82, 2.24) is 5.32 Å². The zero-order valence-electron chi connectivity index (χ0n) is 9.50. The zero-order chi connectivity index (χ0) is 13.1. The number of anilines is 1. The monoisotopic (exact) mass is 254 g/mol. The fourth-order valence-corrected chi connectivity index (χ4v) is 1.44. The van der Waals surface area contributed by atoms with Crippen molar-refractivity contribution in [3.63, 3.8) is 0 Å². The van der Waals surface area contributed by atoms with Gasteiger partial charge in [0.2, 0.25) is 11.8 Å². The third-order valence-corrected chi connectivity index (χ3v) is 2.58. The topological polar surface area (TPSA) is 58.2 Å². The molecule has 1 aromatic rings. The van der Waals surface area contributed by atoms with Crippen molar-refractivity contribution in [2.75, 3.05) is 11.9 Å². The Morgan fingerprint density at radius 2 is 2.00 bits per heavy atom. The van der Waals surface area contributed by atoms with Crippen LogP contribution in [0.2, 0.25) is 0 Å². The van der Waals surface area contributed by atoms with Gasteiger partial charge in [-0.15, -0.1) is 0 Å². The second-order valence-electron chi connectivity index (χ2n) is 4.16. The number of rotatable bonds is 4. The molecule has 0 radical (unpaired) electrons.